The summed E-state index contributed by atoms with van der Waals surface area (Å²) in [6, 6.07) is 7.92. The van der Waals surface area contributed by atoms with Crippen LogP contribution in [0.2, 0.25) is 0 Å². The molecular formula is C16H18N4OS. The van der Waals surface area contributed by atoms with Crippen molar-refractivity contribution in [3.63, 3.8) is 0 Å². The van der Waals surface area contributed by atoms with Crippen LogP contribution in [0.3, 0.4) is 0 Å². The molecule has 6 heteroatoms. The number of hydrogen-bond acceptors (Lipinski definition) is 5. The average molecular weight is 314 g/mol. The van der Waals surface area contributed by atoms with Crippen LogP contribution in [0.5, 0.6) is 5.75 Å². The van der Waals surface area contributed by atoms with Gasteiger partial charge >= 0.3 is 0 Å². The van der Waals surface area contributed by atoms with Crippen LogP contribution in [0, 0.1) is 0 Å². The van der Waals surface area contributed by atoms with Gasteiger partial charge in [0, 0.05) is 6.42 Å². The van der Waals surface area contributed by atoms with Crippen molar-refractivity contribution in [1.82, 2.24) is 19.8 Å². The number of aromatic nitrogens is 4. The fourth-order valence-corrected chi connectivity index (χ4v) is 2.87. The summed E-state index contributed by atoms with van der Waals surface area (Å²) < 4.78 is 7.01. The first-order chi connectivity index (χ1) is 10.8. The van der Waals surface area contributed by atoms with Crippen molar-refractivity contribution >= 4 is 28.4 Å². The lowest BCUT2D eigenvalue weighted by atomic mass is 10.2. The Morgan fingerprint density at radius 3 is 2.73 bits per heavy atom. The number of aryl methyl sites for hydroxylation is 1. The fourth-order valence-electron chi connectivity index (χ4n) is 2.11. The van der Waals surface area contributed by atoms with E-state index in [1.54, 1.807) is 18.4 Å². The maximum atomic E-state index is 5.15. The third-order valence-electron chi connectivity index (χ3n) is 3.36. The zero-order valence-corrected chi connectivity index (χ0v) is 13.5. The van der Waals surface area contributed by atoms with Gasteiger partial charge in [-0.15, -0.1) is 10.2 Å². The molecule has 2 aromatic heterocycles. The second kappa shape index (κ2) is 6.70. The predicted octanol–water partition coefficient (Wildman–Crippen LogP) is 3.71. The monoisotopic (exact) mass is 314 g/mol. The standard InChI is InChI=1S/C16H18N4OS/c1-3-4-5-14-17-18-16-20(14)19-15(22-16)11-8-12-6-9-13(21-2)10-7-12/h6-11H,3-5H2,1-2H3/b11-8+. The van der Waals surface area contributed by atoms with Gasteiger partial charge in [0.25, 0.3) is 0 Å². The van der Waals surface area contributed by atoms with Crippen LogP contribution < -0.4 is 4.74 Å². The first kappa shape index (κ1) is 14.7. The largest absolute Gasteiger partial charge is 0.497 e. The van der Waals surface area contributed by atoms with Crippen molar-refractivity contribution in [2.75, 3.05) is 7.11 Å². The van der Waals surface area contributed by atoms with Gasteiger partial charge in [-0.2, -0.15) is 9.61 Å². The Kier molecular flexibility index (Phi) is 4.48. The van der Waals surface area contributed by atoms with Gasteiger partial charge < -0.3 is 4.74 Å². The molecule has 0 aliphatic rings. The van der Waals surface area contributed by atoms with Gasteiger partial charge in [0.15, 0.2) is 5.82 Å². The van der Waals surface area contributed by atoms with Crippen LogP contribution in [-0.4, -0.2) is 26.9 Å². The van der Waals surface area contributed by atoms with E-state index in [2.05, 4.69) is 22.2 Å². The second-order valence-electron chi connectivity index (χ2n) is 4.96. The second-order valence-corrected chi connectivity index (χ2v) is 5.95. The number of rotatable bonds is 6. The minimum Gasteiger partial charge on any atom is -0.497 e. The number of methoxy groups -OCH3 is 1. The van der Waals surface area contributed by atoms with E-state index in [9.17, 15) is 0 Å². The van der Waals surface area contributed by atoms with Crippen LogP contribution >= 0.6 is 11.3 Å². The van der Waals surface area contributed by atoms with Gasteiger partial charge in [-0.1, -0.05) is 42.9 Å². The summed E-state index contributed by atoms with van der Waals surface area (Å²) in [6.07, 6.45) is 7.21. The molecular weight excluding hydrogens is 296 g/mol. The molecule has 0 saturated carbocycles. The van der Waals surface area contributed by atoms with E-state index >= 15 is 0 Å². The van der Waals surface area contributed by atoms with Crippen molar-refractivity contribution < 1.29 is 4.74 Å². The molecule has 0 amide bonds. The Labute approximate surface area is 133 Å². The molecule has 0 N–H and O–H groups in total. The van der Waals surface area contributed by atoms with Crippen LogP contribution in [0.1, 0.15) is 36.2 Å². The van der Waals surface area contributed by atoms with E-state index in [4.69, 9.17) is 4.74 Å². The Morgan fingerprint density at radius 2 is 2.00 bits per heavy atom. The maximum absolute atomic E-state index is 5.15. The first-order valence-corrected chi connectivity index (χ1v) is 8.15. The molecule has 22 heavy (non-hydrogen) atoms. The molecule has 2 heterocycles. The highest BCUT2D eigenvalue weighted by Crippen LogP contribution is 2.18. The molecule has 0 aliphatic heterocycles. The number of fused-ring (bicyclic) bond motifs is 1. The Morgan fingerprint density at radius 1 is 1.18 bits per heavy atom. The molecule has 0 aliphatic carbocycles. The van der Waals surface area contributed by atoms with Crippen molar-refractivity contribution in [3.8, 4) is 5.75 Å². The number of benzene rings is 1. The maximum Gasteiger partial charge on any atom is 0.234 e. The normalized spacial score (nSPS) is 11.5. The van der Waals surface area contributed by atoms with Gasteiger partial charge in [0.1, 0.15) is 10.8 Å². The molecule has 3 aromatic rings. The van der Waals surface area contributed by atoms with E-state index in [-0.39, 0.29) is 0 Å². The smallest absolute Gasteiger partial charge is 0.234 e. The highest BCUT2D eigenvalue weighted by Gasteiger charge is 2.09. The van der Waals surface area contributed by atoms with Gasteiger partial charge in [-0.05, 0) is 30.2 Å². The molecule has 0 bridgehead atoms. The highest BCUT2D eigenvalue weighted by molar-refractivity contribution is 7.17. The number of hydrogen-bond donors (Lipinski definition) is 0. The molecule has 0 saturated heterocycles. The first-order valence-electron chi connectivity index (χ1n) is 7.33. The Hall–Kier alpha value is -2.21. The topological polar surface area (TPSA) is 52.3 Å². The summed E-state index contributed by atoms with van der Waals surface area (Å²) in [5, 5.41) is 13.9. The zero-order chi connectivity index (χ0) is 15.4. The Balaban J connectivity index is 1.78. The number of nitrogens with zero attached hydrogens (tertiary/aromatic N) is 4. The molecule has 0 fully saturated rings. The van der Waals surface area contributed by atoms with Gasteiger partial charge in [-0.25, -0.2) is 0 Å². The molecule has 3 rings (SSSR count). The third kappa shape index (κ3) is 3.17. The van der Waals surface area contributed by atoms with Gasteiger partial charge in [0.2, 0.25) is 4.96 Å². The summed E-state index contributed by atoms with van der Waals surface area (Å²) in [5.74, 6) is 1.80. The van der Waals surface area contributed by atoms with Crippen LogP contribution in [0.4, 0.5) is 0 Å². The average Bonchev–Trinajstić information content (AvgIpc) is 3.12. The summed E-state index contributed by atoms with van der Waals surface area (Å²) in [4.78, 5) is 0.848. The molecule has 0 unspecified atom stereocenters. The number of ether oxygens (including phenoxy) is 1. The van der Waals surface area contributed by atoms with E-state index in [0.717, 1.165) is 46.4 Å². The highest BCUT2D eigenvalue weighted by atomic mass is 32.1. The van der Waals surface area contributed by atoms with Crippen LogP contribution in [0.15, 0.2) is 24.3 Å². The van der Waals surface area contributed by atoms with E-state index < -0.39 is 0 Å². The quantitative estimate of drug-likeness (QED) is 0.696. The van der Waals surface area contributed by atoms with Gasteiger partial charge in [0.05, 0.1) is 7.11 Å². The summed E-state index contributed by atoms with van der Waals surface area (Å²) in [6.45, 7) is 2.17. The van der Waals surface area contributed by atoms with Crippen LogP contribution in [-0.2, 0) is 6.42 Å². The van der Waals surface area contributed by atoms with E-state index in [0.29, 0.717) is 0 Å². The summed E-state index contributed by atoms with van der Waals surface area (Å²) in [5.41, 5.74) is 1.11. The Bertz CT molecular complexity index is 773. The minimum atomic E-state index is 0.848. The zero-order valence-electron chi connectivity index (χ0n) is 12.7. The van der Waals surface area contributed by atoms with Crippen molar-refractivity contribution in [3.05, 3.63) is 40.7 Å². The number of unbranched alkanes of at least 4 members (excludes halogenated alkanes) is 1. The molecule has 0 atom stereocenters. The van der Waals surface area contributed by atoms with Gasteiger partial charge in [-0.3, -0.25) is 0 Å². The summed E-state index contributed by atoms with van der Waals surface area (Å²) in [7, 11) is 1.67. The fraction of sp³-hybridized carbons (Fsp3) is 0.312. The molecule has 5 nitrogen and oxygen atoms in total. The minimum absolute atomic E-state index is 0.848. The lowest BCUT2D eigenvalue weighted by Gasteiger charge is -1.98. The SMILES string of the molecule is CCCCc1nnc2sc(/C=C/c3ccc(OC)cc3)nn12. The molecule has 0 radical (unpaired) electrons. The molecule has 114 valence electrons. The third-order valence-corrected chi connectivity index (χ3v) is 4.22. The summed E-state index contributed by atoms with van der Waals surface area (Å²) >= 11 is 1.55. The lowest BCUT2D eigenvalue weighted by molar-refractivity contribution is 0.415. The predicted molar refractivity (Wildman–Crippen MR) is 89.2 cm³/mol. The van der Waals surface area contributed by atoms with Crippen molar-refractivity contribution in [2.45, 2.75) is 26.2 Å². The molecule has 0 spiro atoms. The van der Waals surface area contributed by atoms with E-state index in [1.165, 1.54) is 0 Å². The van der Waals surface area contributed by atoms with Crippen molar-refractivity contribution in [2.24, 2.45) is 0 Å². The van der Waals surface area contributed by atoms with Crippen LogP contribution in [0.25, 0.3) is 17.1 Å². The van der Waals surface area contributed by atoms with E-state index in [1.807, 2.05) is 40.9 Å². The van der Waals surface area contributed by atoms with Crippen molar-refractivity contribution in [1.29, 1.82) is 0 Å². The molecule has 1 aromatic carbocycles. The lowest BCUT2D eigenvalue weighted by Crippen LogP contribution is -1.95.